The summed E-state index contributed by atoms with van der Waals surface area (Å²) in [5, 5.41) is 9.90. The van der Waals surface area contributed by atoms with Gasteiger partial charge in [-0.25, -0.2) is 4.98 Å². The van der Waals surface area contributed by atoms with Crippen LogP contribution in [0.4, 0.5) is 0 Å². The largest absolute Gasteiger partial charge is 0.497 e. The van der Waals surface area contributed by atoms with Gasteiger partial charge in [-0.15, -0.1) is 23.5 Å². The van der Waals surface area contributed by atoms with Crippen LogP contribution in [0, 0.1) is 11.3 Å². The van der Waals surface area contributed by atoms with Crippen LogP contribution in [0.2, 0.25) is 0 Å². The maximum atomic E-state index is 13.1. The van der Waals surface area contributed by atoms with Crippen molar-refractivity contribution in [3.63, 3.8) is 0 Å². The van der Waals surface area contributed by atoms with Gasteiger partial charge in [0.15, 0.2) is 0 Å². The van der Waals surface area contributed by atoms with Crippen LogP contribution in [0.3, 0.4) is 0 Å². The zero-order valence-electron chi connectivity index (χ0n) is 15.1. The quantitative estimate of drug-likeness (QED) is 0.476. The summed E-state index contributed by atoms with van der Waals surface area (Å²) in [7, 11) is 1.59. The fourth-order valence-electron chi connectivity index (χ4n) is 2.65. The summed E-state index contributed by atoms with van der Waals surface area (Å²) in [6.45, 7) is 0. The highest BCUT2D eigenvalue weighted by Gasteiger charge is 2.18. The Morgan fingerprint density at radius 2 is 1.70 bits per heavy atom. The van der Waals surface area contributed by atoms with Crippen LogP contribution in [0.1, 0.15) is 5.56 Å². The molecule has 0 N–H and O–H groups in total. The number of aromatic nitrogens is 2. The van der Waals surface area contributed by atoms with E-state index >= 15 is 0 Å². The molecule has 7 heteroatoms. The summed E-state index contributed by atoms with van der Waals surface area (Å²) in [5.74, 6) is 1.19. The molecule has 0 bridgehead atoms. The standard InChI is InChI=1S/C20H17N3O2S2/c1-25-15-8-6-14(7-9-15)23-18(13-4-10-16(26-2)11-5-13)22-19(27-3)17(12-21)20(23)24/h4-11H,1-3H3. The van der Waals surface area contributed by atoms with Gasteiger partial charge in [0.25, 0.3) is 5.56 Å². The molecule has 136 valence electrons. The van der Waals surface area contributed by atoms with Crippen LogP contribution < -0.4 is 10.3 Å². The molecule has 0 aliphatic rings. The van der Waals surface area contributed by atoms with Gasteiger partial charge in [0.1, 0.15) is 28.2 Å². The molecule has 0 amide bonds. The van der Waals surface area contributed by atoms with Crippen molar-refractivity contribution in [2.45, 2.75) is 9.92 Å². The molecule has 0 aliphatic carbocycles. The van der Waals surface area contributed by atoms with Crippen molar-refractivity contribution in [1.82, 2.24) is 9.55 Å². The summed E-state index contributed by atoms with van der Waals surface area (Å²) in [6, 6.07) is 17.0. The first-order valence-electron chi connectivity index (χ1n) is 8.03. The number of hydrogen-bond acceptors (Lipinski definition) is 6. The van der Waals surface area contributed by atoms with Crippen molar-refractivity contribution < 1.29 is 4.74 Å². The smallest absolute Gasteiger partial charge is 0.277 e. The second-order valence-corrected chi connectivity index (χ2v) is 7.17. The van der Waals surface area contributed by atoms with Gasteiger partial charge in [-0.3, -0.25) is 9.36 Å². The second-order valence-electron chi connectivity index (χ2n) is 5.50. The summed E-state index contributed by atoms with van der Waals surface area (Å²) < 4.78 is 6.67. The maximum absolute atomic E-state index is 13.1. The molecule has 0 spiro atoms. The minimum atomic E-state index is -0.383. The first-order valence-corrected chi connectivity index (χ1v) is 10.5. The Labute approximate surface area is 166 Å². The SMILES string of the molecule is COc1ccc(-n2c(-c3ccc(SC)cc3)nc(SC)c(C#N)c2=O)cc1. The third kappa shape index (κ3) is 3.72. The van der Waals surface area contributed by atoms with Crippen molar-refractivity contribution in [3.05, 3.63) is 64.4 Å². The van der Waals surface area contributed by atoms with Crippen LogP contribution in [0.15, 0.2) is 63.2 Å². The highest BCUT2D eigenvalue weighted by molar-refractivity contribution is 7.98. The normalized spacial score (nSPS) is 10.4. The van der Waals surface area contributed by atoms with Gasteiger partial charge in [0, 0.05) is 10.5 Å². The molecule has 0 fully saturated rings. The van der Waals surface area contributed by atoms with Crippen molar-refractivity contribution in [3.8, 4) is 28.9 Å². The van der Waals surface area contributed by atoms with E-state index in [4.69, 9.17) is 4.74 Å². The molecule has 27 heavy (non-hydrogen) atoms. The molecule has 2 aromatic carbocycles. The molecule has 0 unspecified atom stereocenters. The molecule has 0 aliphatic heterocycles. The number of ether oxygens (including phenoxy) is 1. The Hall–Kier alpha value is -2.69. The van der Waals surface area contributed by atoms with Gasteiger partial charge in [0.2, 0.25) is 0 Å². The van der Waals surface area contributed by atoms with E-state index in [9.17, 15) is 10.1 Å². The van der Waals surface area contributed by atoms with Gasteiger partial charge in [0.05, 0.1) is 12.8 Å². The van der Waals surface area contributed by atoms with Crippen molar-refractivity contribution in [2.75, 3.05) is 19.6 Å². The number of thioether (sulfide) groups is 2. The average molecular weight is 396 g/mol. The number of nitrogens with zero attached hydrogens (tertiary/aromatic N) is 3. The first kappa shape index (κ1) is 19.1. The second kappa shape index (κ2) is 8.33. The maximum Gasteiger partial charge on any atom is 0.277 e. The van der Waals surface area contributed by atoms with E-state index in [2.05, 4.69) is 4.98 Å². The molecule has 3 rings (SSSR count). The number of benzene rings is 2. The van der Waals surface area contributed by atoms with Gasteiger partial charge in [-0.2, -0.15) is 5.26 Å². The number of methoxy groups -OCH3 is 1. The number of rotatable bonds is 5. The van der Waals surface area contributed by atoms with Crippen molar-refractivity contribution >= 4 is 23.5 Å². The van der Waals surface area contributed by atoms with E-state index in [1.165, 1.54) is 16.3 Å². The molecule has 0 saturated heterocycles. The predicted molar refractivity (Wildman–Crippen MR) is 110 cm³/mol. The lowest BCUT2D eigenvalue weighted by Crippen LogP contribution is -2.25. The molecular formula is C20H17N3O2S2. The molecule has 3 aromatic rings. The van der Waals surface area contributed by atoms with Crippen LogP contribution in [0.5, 0.6) is 5.75 Å². The fraction of sp³-hybridized carbons (Fsp3) is 0.150. The van der Waals surface area contributed by atoms with Crippen LogP contribution in [-0.2, 0) is 0 Å². The monoisotopic (exact) mass is 395 g/mol. The topological polar surface area (TPSA) is 67.9 Å². The van der Waals surface area contributed by atoms with Crippen LogP contribution in [0.25, 0.3) is 17.1 Å². The summed E-state index contributed by atoms with van der Waals surface area (Å²) in [4.78, 5) is 18.9. The third-order valence-corrected chi connectivity index (χ3v) is 5.46. The summed E-state index contributed by atoms with van der Waals surface area (Å²) in [5.41, 5.74) is 1.09. The van der Waals surface area contributed by atoms with Crippen LogP contribution in [-0.4, -0.2) is 29.2 Å². The fourth-order valence-corrected chi connectivity index (χ4v) is 3.57. The van der Waals surface area contributed by atoms with E-state index in [1.54, 1.807) is 49.4 Å². The summed E-state index contributed by atoms with van der Waals surface area (Å²) >= 11 is 2.93. The van der Waals surface area contributed by atoms with E-state index in [0.717, 1.165) is 10.5 Å². The van der Waals surface area contributed by atoms with E-state index in [0.29, 0.717) is 22.3 Å². The van der Waals surface area contributed by atoms with Gasteiger partial charge in [-0.1, -0.05) is 12.1 Å². The Bertz CT molecular complexity index is 1050. The van der Waals surface area contributed by atoms with Gasteiger partial charge >= 0.3 is 0 Å². The molecule has 0 atom stereocenters. The first-order chi connectivity index (χ1) is 13.1. The lowest BCUT2D eigenvalue weighted by molar-refractivity contribution is 0.414. The third-order valence-electron chi connectivity index (χ3n) is 4.03. The molecule has 0 radical (unpaired) electrons. The Morgan fingerprint density at radius 3 is 2.22 bits per heavy atom. The summed E-state index contributed by atoms with van der Waals surface area (Å²) in [6.07, 6.45) is 3.81. The zero-order chi connectivity index (χ0) is 19.4. The lowest BCUT2D eigenvalue weighted by atomic mass is 10.2. The Balaban J connectivity index is 2.30. The lowest BCUT2D eigenvalue weighted by Gasteiger charge is -2.15. The number of hydrogen-bond donors (Lipinski definition) is 0. The molecule has 5 nitrogen and oxygen atoms in total. The highest BCUT2D eigenvalue weighted by atomic mass is 32.2. The van der Waals surface area contributed by atoms with Gasteiger partial charge < -0.3 is 4.74 Å². The average Bonchev–Trinajstić information content (AvgIpc) is 2.73. The molecule has 0 saturated carbocycles. The van der Waals surface area contributed by atoms with E-state index < -0.39 is 0 Å². The minimum Gasteiger partial charge on any atom is -0.497 e. The Morgan fingerprint density at radius 1 is 1.04 bits per heavy atom. The Kier molecular flexibility index (Phi) is 5.89. The van der Waals surface area contributed by atoms with E-state index in [-0.39, 0.29) is 11.1 Å². The molecular weight excluding hydrogens is 378 g/mol. The van der Waals surface area contributed by atoms with Crippen molar-refractivity contribution in [1.29, 1.82) is 5.26 Å². The van der Waals surface area contributed by atoms with E-state index in [1.807, 2.05) is 36.6 Å². The number of nitriles is 1. The predicted octanol–water partition coefficient (Wildman–Crippen LogP) is 4.22. The highest BCUT2D eigenvalue weighted by Crippen LogP contribution is 2.26. The zero-order valence-corrected chi connectivity index (χ0v) is 16.7. The minimum absolute atomic E-state index is 0.0443. The van der Waals surface area contributed by atoms with Crippen molar-refractivity contribution in [2.24, 2.45) is 0 Å². The van der Waals surface area contributed by atoms with Crippen LogP contribution >= 0.6 is 23.5 Å². The van der Waals surface area contributed by atoms with Gasteiger partial charge in [-0.05, 0) is 48.9 Å². The molecule has 1 aromatic heterocycles. The molecule has 1 heterocycles.